The summed E-state index contributed by atoms with van der Waals surface area (Å²) in [7, 11) is 0. The van der Waals surface area contributed by atoms with E-state index in [-0.39, 0.29) is 11.8 Å². The number of aromatic amines is 1. The fraction of sp³-hybridized carbons (Fsp3) is 0.167. The van der Waals surface area contributed by atoms with Crippen molar-refractivity contribution >= 4 is 40.1 Å². The molecule has 7 heteroatoms. The second-order valence-electron chi connectivity index (χ2n) is 5.88. The number of carbonyl (C=O) groups is 2. The van der Waals surface area contributed by atoms with Crippen molar-refractivity contribution in [2.75, 3.05) is 11.4 Å². The number of H-pyrrole nitrogens is 1. The van der Waals surface area contributed by atoms with E-state index < -0.39 is 6.04 Å². The standard InChI is InChI=1S/C18H15ClN4O2/c19-11-3-5-12(6-4-11)23-9-7-15(18(23)25)22-17(24)13-10-21-14-2-1-8-20-16(13)14/h1-6,8,10,15,21H,7,9H2,(H,22,24). The summed E-state index contributed by atoms with van der Waals surface area (Å²) in [4.78, 5) is 34.1. The molecule has 126 valence electrons. The van der Waals surface area contributed by atoms with Gasteiger partial charge in [-0.1, -0.05) is 11.6 Å². The summed E-state index contributed by atoms with van der Waals surface area (Å²) in [6, 6.07) is 10.2. The van der Waals surface area contributed by atoms with Crippen molar-refractivity contribution in [3.63, 3.8) is 0 Å². The lowest BCUT2D eigenvalue weighted by Crippen LogP contribution is -2.41. The van der Waals surface area contributed by atoms with E-state index >= 15 is 0 Å². The second kappa shape index (κ2) is 6.22. The van der Waals surface area contributed by atoms with Gasteiger partial charge in [-0.2, -0.15) is 0 Å². The second-order valence-corrected chi connectivity index (χ2v) is 6.32. The Kier molecular flexibility index (Phi) is 3.89. The van der Waals surface area contributed by atoms with Crippen LogP contribution in [0, 0.1) is 0 Å². The van der Waals surface area contributed by atoms with Gasteiger partial charge < -0.3 is 15.2 Å². The van der Waals surface area contributed by atoms with E-state index in [2.05, 4.69) is 15.3 Å². The molecular weight excluding hydrogens is 340 g/mol. The number of hydrogen-bond donors (Lipinski definition) is 2. The van der Waals surface area contributed by atoms with Crippen molar-refractivity contribution < 1.29 is 9.59 Å². The Bertz CT molecular complexity index is 951. The highest BCUT2D eigenvalue weighted by Gasteiger charge is 2.34. The third-order valence-corrected chi connectivity index (χ3v) is 4.58. The summed E-state index contributed by atoms with van der Waals surface area (Å²) < 4.78 is 0. The Hall–Kier alpha value is -2.86. The number of nitrogens with zero attached hydrogens (tertiary/aromatic N) is 2. The zero-order valence-electron chi connectivity index (χ0n) is 13.2. The van der Waals surface area contributed by atoms with Crippen molar-refractivity contribution in [1.29, 1.82) is 0 Å². The number of nitrogens with one attached hydrogen (secondary N) is 2. The molecule has 0 saturated carbocycles. The average molecular weight is 355 g/mol. The maximum Gasteiger partial charge on any atom is 0.255 e. The zero-order valence-corrected chi connectivity index (χ0v) is 14.0. The zero-order chi connectivity index (χ0) is 17.4. The summed E-state index contributed by atoms with van der Waals surface area (Å²) in [5.74, 6) is -0.426. The van der Waals surface area contributed by atoms with Gasteiger partial charge in [0, 0.05) is 29.6 Å². The van der Waals surface area contributed by atoms with Crippen LogP contribution in [0.3, 0.4) is 0 Å². The largest absolute Gasteiger partial charge is 0.359 e. The lowest BCUT2D eigenvalue weighted by Gasteiger charge is -2.17. The van der Waals surface area contributed by atoms with E-state index in [1.54, 1.807) is 47.6 Å². The summed E-state index contributed by atoms with van der Waals surface area (Å²) in [6.45, 7) is 0.553. The van der Waals surface area contributed by atoms with E-state index in [0.717, 1.165) is 11.2 Å². The molecule has 3 heterocycles. The van der Waals surface area contributed by atoms with Gasteiger partial charge >= 0.3 is 0 Å². The number of benzene rings is 1. The lowest BCUT2D eigenvalue weighted by molar-refractivity contribution is -0.118. The predicted octanol–water partition coefficient (Wildman–Crippen LogP) is 2.75. The van der Waals surface area contributed by atoms with E-state index in [0.29, 0.717) is 29.1 Å². The summed E-state index contributed by atoms with van der Waals surface area (Å²) in [5.41, 5.74) is 2.60. The van der Waals surface area contributed by atoms with Crippen LogP contribution < -0.4 is 10.2 Å². The molecule has 1 saturated heterocycles. The molecular formula is C18H15ClN4O2. The third kappa shape index (κ3) is 2.85. The molecule has 1 aliphatic heterocycles. The van der Waals surface area contributed by atoms with Crippen molar-refractivity contribution in [2.24, 2.45) is 0 Å². The Morgan fingerprint density at radius 1 is 1.28 bits per heavy atom. The van der Waals surface area contributed by atoms with Crippen LogP contribution in [0.4, 0.5) is 5.69 Å². The van der Waals surface area contributed by atoms with Crippen LogP contribution in [0.1, 0.15) is 16.8 Å². The van der Waals surface area contributed by atoms with Gasteiger partial charge in [-0.25, -0.2) is 0 Å². The molecule has 2 N–H and O–H groups in total. The molecule has 1 fully saturated rings. The van der Waals surface area contributed by atoms with Crippen LogP contribution in [0.5, 0.6) is 0 Å². The first kappa shape index (κ1) is 15.7. The lowest BCUT2D eigenvalue weighted by atomic mass is 10.2. The smallest absolute Gasteiger partial charge is 0.255 e. The molecule has 2 amide bonds. The van der Waals surface area contributed by atoms with Gasteiger partial charge in [0.05, 0.1) is 11.1 Å². The molecule has 2 aromatic heterocycles. The summed E-state index contributed by atoms with van der Waals surface area (Å²) in [6.07, 6.45) is 3.81. The first-order valence-electron chi connectivity index (χ1n) is 7.93. The highest BCUT2D eigenvalue weighted by Crippen LogP contribution is 2.24. The van der Waals surface area contributed by atoms with E-state index in [4.69, 9.17) is 11.6 Å². The van der Waals surface area contributed by atoms with Crippen LogP contribution >= 0.6 is 11.6 Å². The van der Waals surface area contributed by atoms with E-state index in [1.807, 2.05) is 6.07 Å². The number of anilines is 1. The van der Waals surface area contributed by atoms with Crippen LogP contribution in [0.2, 0.25) is 5.02 Å². The molecule has 0 radical (unpaired) electrons. The minimum atomic E-state index is -0.545. The van der Waals surface area contributed by atoms with Crippen molar-refractivity contribution in [2.45, 2.75) is 12.5 Å². The van der Waals surface area contributed by atoms with Crippen molar-refractivity contribution in [3.8, 4) is 0 Å². The summed E-state index contributed by atoms with van der Waals surface area (Å²) >= 11 is 5.89. The van der Waals surface area contributed by atoms with Crippen LogP contribution in [0.25, 0.3) is 11.0 Å². The van der Waals surface area contributed by atoms with Crippen LogP contribution in [-0.4, -0.2) is 34.4 Å². The van der Waals surface area contributed by atoms with Gasteiger partial charge in [-0.15, -0.1) is 0 Å². The quantitative estimate of drug-likeness (QED) is 0.759. The van der Waals surface area contributed by atoms with Gasteiger partial charge in [0.25, 0.3) is 5.91 Å². The number of halogens is 1. The van der Waals surface area contributed by atoms with Gasteiger partial charge in [-0.3, -0.25) is 14.6 Å². The maximum absolute atomic E-state index is 12.6. The van der Waals surface area contributed by atoms with Crippen LogP contribution in [-0.2, 0) is 4.79 Å². The predicted molar refractivity (Wildman–Crippen MR) is 95.8 cm³/mol. The molecule has 1 unspecified atom stereocenters. The van der Waals surface area contributed by atoms with E-state index in [1.165, 1.54) is 0 Å². The number of hydrogen-bond acceptors (Lipinski definition) is 3. The highest BCUT2D eigenvalue weighted by atomic mass is 35.5. The minimum absolute atomic E-state index is 0.122. The number of fused-ring (bicyclic) bond motifs is 1. The molecule has 0 spiro atoms. The number of aromatic nitrogens is 2. The highest BCUT2D eigenvalue weighted by molar-refractivity contribution is 6.30. The van der Waals surface area contributed by atoms with Crippen molar-refractivity contribution in [3.05, 3.63) is 59.4 Å². The Labute approximate surface area is 148 Å². The molecule has 0 aliphatic carbocycles. The Morgan fingerprint density at radius 2 is 2.08 bits per heavy atom. The summed E-state index contributed by atoms with van der Waals surface area (Å²) in [5, 5.41) is 3.44. The number of carbonyl (C=O) groups excluding carboxylic acids is 2. The average Bonchev–Trinajstić information content (AvgIpc) is 3.20. The molecule has 0 bridgehead atoms. The Morgan fingerprint density at radius 3 is 2.88 bits per heavy atom. The number of amides is 2. The molecule has 25 heavy (non-hydrogen) atoms. The topological polar surface area (TPSA) is 78.1 Å². The monoisotopic (exact) mass is 354 g/mol. The maximum atomic E-state index is 12.6. The normalized spacial score (nSPS) is 17.2. The van der Waals surface area contributed by atoms with Gasteiger partial charge in [0.2, 0.25) is 5.91 Å². The van der Waals surface area contributed by atoms with Crippen LogP contribution in [0.15, 0.2) is 48.8 Å². The Balaban J connectivity index is 1.51. The molecule has 6 nitrogen and oxygen atoms in total. The van der Waals surface area contributed by atoms with Gasteiger partial charge in [0.1, 0.15) is 11.6 Å². The molecule has 3 aromatic rings. The fourth-order valence-corrected chi connectivity index (χ4v) is 3.18. The SMILES string of the molecule is O=C(NC1CCN(c2ccc(Cl)cc2)C1=O)c1c[nH]c2cccnc12. The minimum Gasteiger partial charge on any atom is -0.359 e. The van der Waals surface area contributed by atoms with Gasteiger partial charge in [-0.05, 0) is 42.8 Å². The van der Waals surface area contributed by atoms with Gasteiger partial charge in [0.15, 0.2) is 0 Å². The molecule has 1 aliphatic rings. The molecule has 1 aromatic carbocycles. The first-order valence-corrected chi connectivity index (χ1v) is 8.31. The first-order chi connectivity index (χ1) is 12.1. The third-order valence-electron chi connectivity index (χ3n) is 4.33. The molecule has 4 rings (SSSR count). The number of rotatable bonds is 3. The fourth-order valence-electron chi connectivity index (χ4n) is 3.06. The molecule has 1 atom stereocenters. The van der Waals surface area contributed by atoms with Crippen molar-refractivity contribution in [1.82, 2.24) is 15.3 Å². The van der Waals surface area contributed by atoms with E-state index in [9.17, 15) is 9.59 Å². The number of pyridine rings is 1.